The van der Waals surface area contributed by atoms with E-state index >= 15 is 0 Å². The average molecular weight is 366 g/mol. The number of anilines is 1. The van der Waals surface area contributed by atoms with Gasteiger partial charge in [0.2, 0.25) is 0 Å². The molecule has 0 bridgehead atoms. The normalized spacial score (nSPS) is 15.3. The first-order valence-electron chi connectivity index (χ1n) is 9.21. The molecule has 0 saturated carbocycles. The number of carbonyl (C=O) groups excluding carboxylic acids is 1. The lowest BCUT2D eigenvalue weighted by Gasteiger charge is -2.33. The molecule has 140 valence electrons. The summed E-state index contributed by atoms with van der Waals surface area (Å²) in [5.74, 6) is -0.184. The zero-order chi connectivity index (χ0) is 19.0. The van der Waals surface area contributed by atoms with Crippen LogP contribution >= 0.6 is 0 Å². The Morgan fingerprint density at radius 1 is 1.15 bits per heavy atom. The quantitative estimate of drug-likeness (QED) is 0.709. The summed E-state index contributed by atoms with van der Waals surface area (Å²) in [5, 5.41) is 0. The molecule has 0 unspecified atom stereocenters. The van der Waals surface area contributed by atoms with Gasteiger partial charge in [0.05, 0.1) is 17.4 Å². The summed E-state index contributed by atoms with van der Waals surface area (Å²) in [6.45, 7) is 1.37. The number of rotatable bonds is 3. The van der Waals surface area contributed by atoms with E-state index in [0.29, 0.717) is 13.1 Å². The van der Waals surface area contributed by atoms with E-state index in [1.165, 1.54) is 12.1 Å². The van der Waals surface area contributed by atoms with Gasteiger partial charge in [-0.2, -0.15) is 0 Å². The number of imidazole rings is 1. The van der Waals surface area contributed by atoms with Gasteiger partial charge < -0.3 is 14.4 Å². The van der Waals surface area contributed by atoms with Crippen molar-refractivity contribution < 1.29 is 9.18 Å². The van der Waals surface area contributed by atoms with Gasteiger partial charge in [0, 0.05) is 44.5 Å². The number of aromatic nitrogens is 2. The maximum atomic E-state index is 13.6. The fourth-order valence-corrected chi connectivity index (χ4v) is 3.74. The number of benzene rings is 2. The zero-order valence-corrected chi connectivity index (χ0v) is 15.6. The van der Waals surface area contributed by atoms with E-state index in [1.54, 1.807) is 12.4 Å². The predicted molar refractivity (Wildman–Crippen MR) is 105 cm³/mol. The van der Waals surface area contributed by atoms with Crippen molar-refractivity contribution >= 4 is 22.6 Å². The maximum absolute atomic E-state index is 13.6. The van der Waals surface area contributed by atoms with E-state index in [4.69, 9.17) is 0 Å². The maximum Gasteiger partial charge on any atom is 0.253 e. The Labute approximate surface area is 158 Å². The van der Waals surface area contributed by atoms with Gasteiger partial charge in [-0.3, -0.25) is 4.79 Å². The number of likely N-dealkylation sites (tertiary alicyclic amines) is 1. The summed E-state index contributed by atoms with van der Waals surface area (Å²) in [5.41, 5.74) is 3.35. The Hall–Kier alpha value is -2.89. The van der Waals surface area contributed by atoms with E-state index in [1.807, 2.05) is 52.7 Å². The van der Waals surface area contributed by atoms with Crippen LogP contribution < -0.4 is 4.90 Å². The van der Waals surface area contributed by atoms with Crippen molar-refractivity contribution in [1.82, 2.24) is 14.5 Å². The van der Waals surface area contributed by atoms with E-state index < -0.39 is 0 Å². The predicted octanol–water partition coefficient (Wildman–Crippen LogP) is 3.72. The fraction of sp³-hybridized carbons (Fsp3) is 0.333. The van der Waals surface area contributed by atoms with Crippen LogP contribution in [0.25, 0.3) is 11.0 Å². The van der Waals surface area contributed by atoms with Crippen LogP contribution in [-0.2, 0) is 0 Å². The number of halogens is 1. The van der Waals surface area contributed by atoms with Crippen molar-refractivity contribution in [2.45, 2.75) is 18.9 Å². The summed E-state index contributed by atoms with van der Waals surface area (Å²) in [7, 11) is 3.93. The van der Waals surface area contributed by atoms with E-state index in [2.05, 4.69) is 4.98 Å². The molecule has 2 aromatic carbocycles. The number of piperidine rings is 1. The summed E-state index contributed by atoms with van der Waals surface area (Å²) >= 11 is 0. The lowest BCUT2D eigenvalue weighted by molar-refractivity contribution is 0.0696. The first kappa shape index (κ1) is 17.5. The number of hydrogen-bond acceptors (Lipinski definition) is 3. The van der Waals surface area contributed by atoms with Gasteiger partial charge in [0.1, 0.15) is 5.82 Å². The number of nitrogens with zero attached hydrogens (tertiary/aromatic N) is 4. The van der Waals surface area contributed by atoms with Crippen molar-refractivity contribution in [3.8, 4) is 0 Å². The van der Waals surface area contributed by atoms with E-state index in [-0.39, 0.29) is 17.8 Å². The summed E-state index contributed by atoms with van der Waals surface area (Å²) < 4.78 is 15.7. The number of carbonyl (C=O) groups is 1. The molecule has 0 N–H and O–H groups in total. The third-order valence-corrected chi connectivity index (χ3v) is 5.29. The molecule has 6 heteroatoms. The Kier molecular flexibility index (Phi) is 4.56. The molecule has 1 fully saturated rings. The second kappa shape index (κ2) is 7.02. The molecule has 1 aromatic heterocycles. The molecule has 4 rings (SSSR count). The van der Waals surface area contributed by atoms with Crippen molar-refractivity contribution in [3.05, 3.63) is 60.2 Å². The lowest BCUT2D eigenvalue weighted by Crippen LogP contribution is -2.39. The standard InChI is InChI=1S/C21H23FN4O/c1-24(2)18-5-3-4-15(12-18)21(27)25-10-8-17(9-11-25)26-14-23-19-7-6-16(22)13-20(19)26/h3-7,12-14,17H,8-11H2,1-2H3. The molecule has 1 saturated heterocycles. The second-order valence-corrected chi connectivity index (χ2v) is 7.25. The fourth-order valence-electron chi connectivity index (χ4n) is 3.74. The van der Waals surface area contributed by atoms with Crippen molar-refractivity contribution in [2.24, 2.45) is 0 Å². The van der Waals surface area contributed by atoms with Crippen LogP contribution in [0.4, 0.5) is 10.1 Å². The molecular weight excluding hydrogens is 343 g/mol. The average Bonchev–Trinajstić information content (AvgIpc) is 3.10. The molecule has 0 spiro atoms. The van der Waals surface area contributed by atoms with Crippen LogP contribution in [0.5, 0.6) is 0 Å². The van der Waals surface area contributed by atoms with Gasteiger partial charge in [-0.1, -0.05) is 6.07 Å². The van der Waals surface area contributed by atoms with Gasteiger partial charge >= 0.3 is 0 Å². The molecular formula is C21H23FN4O. The van der Waals surface area contributed by atoms with E-state index in [9.17, 15) is 9.18 Å². The van der Waals surface area contributed by atoms with Crippen LogP contribution in [0.1, 0.15) is 29.2 Å². The highest BCUT2D eigenvalue weighted by atomic mass is 19.1. The molecule has 27 heavy (non-hydrogen) atoms. The van der Waals surface area contributed by atoms with Gasteiger partial charge in [-0.15, -0.1) is 0 Å². The lowest BCUT2D eigenvalue weighted by atomic mass is 10.0. The molecule has 0 radical (unpaired) electrons. The summed E-state index contributed by atoms with van der Waals surface area (Å²) in [6.07, 6.45) is 3.45. The van der Waals surface area contributed by atoms with E-state index in [0.717, 1.165) is 35.1 Å². The third-order valence-electron chi connectivity index (χ3n) is 5.29. The Balaban J connectivity index is 1.47. The molecule has 1 aliphatic heterocycles. The van der Waals surface area contributed by atoms with Crippen LogP contribution in [0.3, 0.4) is 0 Å². The number of fused-ring (bicyclic) bond motifs is 1. The van der Waals surface area contributed by atoms with Gasteiger partial charge in [0.25, 0.3) is 5.91 Å². The molecule has 1 amide bonds. The monoisotopic (exact) mass is 366 g/mol. The number of amides is 1. The molecule has 5 nitrogen and oxygen atoms in total. The van der Waals surface area contributed by atoms with Gasteiger partial charge in [0.15, 0.2) is 0 Å². The molecule has 2 heterocycles. The number of hydrogen-bond donors (Lipinski definition) is 0. The van der Waals surface area contributed by atoms with Gasteiger partial charge in [-0.25, -0.2) is 9.37 Å². The highest BCUT2D eigenvalue weighted by Gasteiger charge is 2.25. The topological polar surface area (TPSA) is 41.4 Å². The van der Waals surface area contributed by atoms with Crippen molar-refractivity contribution in [3.63, 3.8) is 0 Å². The summed E-state index contributed by atoms with van der Waals surface area (Å²) in [4.78, 5) is 21.1. The van der Waals surface area contributed by atoms with Crippen LogP contribution in [-0.4, -0.2) is 47.5 Å². The third kappa shape index (κ3) is 3.39. The minimum absolute atomic E-state index is 0.0682. The minimum atomic E-state index is -0.252. The first-order chi connectivity index (χ1) is 13.0. The molecule has 3 aromatic rings. The Morgan fingerprint density at radius 3 is 2.67 bits per heavy atom. The highest BCUT2D eigenvalue weighted by Crippen LogP contribution is 2.28. The molecule has 0 atom stereocenters. The molecule has 0 aliphatic carbocycles. The Morgan fingerprint density at radius 2 is 1.93 bits per heavy atom. The SMILES string of the molecule is CN(C)c1cccc(C(=O)N2CCC(n3cnc4ccc(F)cc43)CC2)c1. The second-order valence-electron chi connectivity index (χ2n) is 7.25. The van der Waals surface area contributed by atoms with Crippen LogP contribution in [0, 0.1) is 5.82 Å². The van der Waals surface area contributed by atoms with Crippen LogP contribution in [0.2, 0.25) is 0 Å². The highest BCUT2D eigenvalue weighted by molar-refractivity contribution is 5.95. The van der Waals surface area contributed by atoms with Crippen LogP contribution in [0.15, 0.2) is 48.8 Å². The smallest absolute Gasteiger partial charge is 0.253 e. The van der Waals surface area contributed by atoms with Crippen molar-refractivity contribution in [1.29, 1.82) is 0 Å². The largest absolute Gasteiger partial charge is 0.378 e. The first-order valence-corrected chi connectivity index (χ1v) is 9.21. The van der Waals surface area contributed by atoms with Crippen molar-refractivity contribution in [2.75, 3.05) is 32.1 Å². The Bertz CT molecular complexity index is 973. The molecule has 1 aliphatic rings. The summed E-state index contributed by atoms with van der Waals surface area (Å²) in [6, 6.07) is 12.6. The van der Waals surface area contributed by atoms with Gasteiger partial charge in [-0.05, 0) is 49.2 Å². The zero-order valence-electron chi connectivity index (χ0n) is 15.6. The minimum Gasteiger partial charge on any atom is -0.378 e.